The average Bonchev–Trinajstić information content (AvgIpc) is 3.27. The zero-order chi connectivity index (χ0) is 17.5. The molecule has 2 unspecified atom stereocenters. The van der Waals surface area contributed by atoms with Crippen molar-refractivity contribution < 1.29 is 4.39 Å². The third-order valence-corrected chi connectivity index (χ3v) is 5.78. The number of rotatable bonds is 3. The molecule has 0 bridgehead atoms. The lowest BCUT2D eigenvalue weighted by atomic mass is 9.93. The zero-order valence-corrected chi connectivity index (χ0v) is 14.6. The Morgan fingerprint density at radius 1 is 1.08 bits per heavy atom. The SMILES string of the molecule is Fc1ccc(C2NNCC2CN2CCc3[nH]c4ccccc4c3C2)cc1. The molecule has 5 heteroatoms. The van der Waals surface area contributed by atoms with Gasteiger partial charge in [0, 0.05) is 55.1 Å². The Morgan fingerprint density at radius 2 is 1.92 bits per heavy atom. The second-order valence-corrected chi connectivity index (χ2v) is 7.43. The molecule has 134 valence electrons. The predicted molar refractivity (Wildman–Crippen MR) is 101 cm³/mol. The molecule has 0 saturated carbocycles. The van der Waals surface area contributed by atoms with Crippen LogP contribution in [-0.2, 0) is 13.0 Å². The van der Waals surface area contributed by atoms with Crippen molar-refractivity contribution in [2.24, 2.45) is 5.92 Å². The monoisotopic (exact) mass is 350 g/mol. The van der Waals surface area contributed by atoms with E-state index in [9.17, 15) is 4.39 Å². The highest BCUT2D eigenvalue weighted by atomic mass is 19.1. The van der Waals surface area contributed by atoms with Crippen LogP contribution in [0, 0.1) is 11.7 Å². The fraction of sp³-hybridized carbons (Fsp3) is 0.333. The Balaban J connectivity index is 1.34. The summed E-state index contributed by atoms with van der Waals surface area (Å²) >= 11 is 0. The van der Waals surface area contributed by atoms with Crippen LogP contribution in [0.15, 0.2) is 48.5 Å². The topological polar surface area (TPSA) is 43.1 Å². The van der Waals surface area contributed by atoms with Gasteiger partial charge < -0.3 is 4.98 Å². The fourth-order valence-corrected chi connectivity index (χ4v) is 4.44. The third kappa shape index (κ3) is 2.82. The Kier molecular flexibility index (Phi) is 4.00. The average molecular weight is 350 g/mol. The van der Waals surface area contributed by atoms with Crippen molar-refractivity contribution in [2.75, 3.05) is 19.6 Å². The standard InChI is InChI=1S/C21H23FN4/c22-16-7-5-14(6-8-16)21-15(11-23-25-21)12-26-10-9-20-18(13-26)17-3-1-2-4-19(17)24-20/h1-8,15,21,23-25H,9-13H2. The van der Waals surface area contributed by atoms with Crippen molar-refractivity contribution in [3.8, 4) is 0 Å². The molecule has 1 aromatic heterocycles. The molecule has 1 saturated heterocycles. The molecule has 0 aliphatic carbocycles. The van der Waals surface area contributed by atoms with Gasteiger partial charge in [-0.2, -0.15) is 0 Å². The van der Waals surface area contributed by atoms with Gasteiger partial charge in [-0.25, -0.2) is 9.82 Å². The summed E-state index contributed by atoms with van der Waals surface area (Å²) in [6, 6.07) is 15.7. The Morgan fingerprint density at radius 3 is 2.81 bits per heavy atom. The number of aromatic nitrogens is 1. The first-order chi connectivity index (χ1) is 12.8. The zero-order valence-electron chi connectivity index (χ0n) is 14.6. The van der Waals surface area contributed by atoms with Gasteiger partial charge in [0.1, 0.15) is 5.82 Å². The minimum Gasteiger partial charge on any atom is -0.358 e. The van der Waals surface area contributed by atoms with Gasteiger partial charge >= 0.3 is 0 Å². The van der Waals surface area contributed by atoms with Crippen LogP contribution in [0.2, 0.25) is 0 Å². The molecule has 2 atom stereocenters. The Labute approximate surface area is 152 Å². The van der Waals surface area contributed by atoms with E-state index in [-0.39, 0.29) is 11.9 Å². The number of hydrogen-bond acceptors (Lipinski definition) is 3. The van der Waals surface area contributed by atoms with E-state index < -0.39 is 0 Å². The summed E-state index contributed by atoms with van der Waals surface area (Å²) in [5, 5.41) is 1.35. The number of aromatic amines is 1. The number of halogens is 1. The van der Waals surface area contributed by atoms with E-state index in [0.29, 0.717) is 5.92 Å². The maximum absolute atomic E-state index is 13.2. The van der Waals surface area contributed by atoms with Crippen LogP contribution in [0.5, 0.6) is 0 Å². The number of fused-ring (bicyclic) bond motifs is 3. The molecule has 4 nitrogen and oxygen atoms in total. The molecule has 26 heavy (non-hydrogen) atoms. The Bertz CT molecular complexity index is 917. The first kappa shape index (κ1) is 16.0. The molecule has 3 N–H and O–H groups in total. The minimum absolute atomic E-state index is 0.181. The summed E-state index contributed by atoms with van der Waals surface area (Å²) in [6.45, 7) is 4.03. The molecule has 5 rings (SSSR count). The van der Waals surface area contributed by atoms with Gasteiger partial charge in [0.05, 0.1) is 6.04 Å². The number of nitrogens with zero attached hydrogens (tertiary/aromatic N) is 1. The second-order valence-electron chi connectivity index (χ2n) is 7.43. The molecular weight excluding hydrogens is 327 g/mol. The molecule has 3 heterocycles. The molecule has 1 fully saturated rings. The van der Waals surface area contributed by atoms with E-state index in [0.717, 1.165) is 38.2 Å². The van der Waals surface area contributed by atoms with Crippen LogP contribution < -0.4 is 10.9 Å². The van der Waals surface area contributed by atoms with Crippen LogP contribution in [-0.4, -0.2) is 29.5 Å². The molecule has 2 aromatic carbocycles. The van der Waals surface area contributed by atoms with Gasteiger partial charge in [0.25, 0.3) is 0 Å². The molecule has 0 radical (unpaired) electrons. The van der Waals surface area contributed by atoms with Crippen molar-refractivity contribution in [1.29, 1.82) is 0 Å². The quantitative estimate of drug-likeness (QED) is 0.680. The maximum Gasteiger partial charge on any atom is 0.123 e. The van der Waals surface area contributed by atoms with Gasteiger partial charge in [-0.05, 0) is 29.3 Å². The first-order valence-electron chi connectivity index (χ1n) is 9.32. The van der Waals surface area contributed by atoms with Crippen LogP contribution >= 0.6 is 0 Å². The number of hydrazine groups is 1. The molecule has 2 aliphatic heterocycles. The molecule has 0 spiro atoms. The third-order valence-electron chi connectivity index (χ3n) is 5.78. The van der Waals surface area contributed by atoms with Gasteiger partial charge in [-0.1, -0.05) is 30.3 Å². The van der Waals surface area contributed by atoms with Crippen LogP contribution in [0.1, 0.15) is 22.9 Å². The highest BCUT2D eigenvalue weighted by Gasteiger charge is 2.31. The number of para-hydroxylation sites is 1. The molecule has 3 aromatic rings. The number of nitrogens with one attached hydrogen (secondary N) is 3. The maximum atomic E-state index is 13.2. The Hall–Kier alpha value is -2.21. The van der Waals surface area contributed by atoms with Crippen molar-refractivity contribution >= 4 is 10.9 Å². The summed E-state index contributed by atoms with van der Waals surface area (Å²) in [5.41, 5.74) is 11.9. The number of H-pyrrole nitrogens is 1. The van der Waals surface area contributed by atoms with Crippen molar-refractivity contribution in [1.82, 2.24) is 20.7 Å². The highest BCUT2D eigenvalue weighted by molar-refractivity contribution is 5.84. The minimum atomic E-state index is -0.181. The summed E-state index contributed by atoms with van der Waals surface area (Å²) < 4.78 is 13.2. The summed E-state index contributed by atoms with van der Waals surface area (Å²) in [5.74, 6) is 0.284. The van der Waals surface area contributed by atoms with Gasteiger partial charge in [-0.3, -0.25) is 10.3 Å². The summed E-state index contributed by atoms with van der Waals surface area (Å²) in [6.07, 6.45) is 1.07. The van der Waals surface area contributed by atoms with Gasteiger partial charge in [-0.15, -0.1) is 0 Å². The summed E-state index contributed by atoms with van der Waals surface area (Å²) in [7, 11) is 0. The van der Waals surface area contributed by atoms with E-state index in [1.54, 1.807) is 12.1 Å². The van der Waals surface area contributed by atoms with Crippen molar-refractivity contribution in [3.05, 3.63) is 71.2 Å². The molecule has 0 amide bonds. The van der Waals surface area contributed by atoms with Crippen LogP contribution in [0.4, 0.5) is 4.39 Å². The van der Waals surface area contributed by atoms with Crippen LogP contribution in [0.3, 0.4) is 0 Å². The predicted octanol–water partition coefficient (Wildman–Crippen LogP) is 3.13. The van der Waals surface area contributed by atoms with Crippen LogP contribution in [0.25, 0.3) is 10.9 Å². The smallest absolute Gasteiger partial charge is 0.123 e. The largest absolute Gasteiger partial charge is 0.358 e. The van der Waals surface area contributed by atoms with E-state index in [4.69, 9.17) is 0 Å². The highest BCUT2D eigenvalue weighted by Crippen LogP contribution is 2.30. The van der Waals surface area contributed by atoms with E-state index in [2.05, 4.69) is 45.0 Å². The van der Waals surface area contributed by atoms with E-state index in [1.807, 2.05) is 12.1 Å². The number of hydrogen-bond donors (Lipinski definition) is 3. The first-order valence-corrected chi connectivity index (χ1v) is 9.32. The summed E-state index contributed by atoms with van der Waals surface area (Å²) in [4.78, 5) is 6.14. The van der Waals surface area contributed by atoms with Crippen molar-refractivity contribution in [2.45, 2.75) is 19.0 Å². The fourth-order valence-electron chi connectivity index (χ4n) is 4.44. The lowest BCUT2D eigenvalue weighted by Gasteiger charge is -2.31. The lowest BCUT2D eigenvalue weighted by molar-refractivity contribution is 0.209. The van der Waals surface area contributed by atoms with E-state index >= 15 is 0 Å². The normalized spacial score (nSPS) is 23.4. The lowest BCUT2D eigenvalue weighted by Crippen LogP contribution is -2.36. The number of benzene rings is 2. The molecule has 2 aliphatic rings. The second kappa shape index (κ2) is 6.50. The van der Waals surface area contributed by atoms with E-state index in [1.165, 1.54) is 22.2 Å². The van der Waals surface area contributed by atoms with Gasteiger partial charge in [0.15, 0.2) is 0 Å². The van der Waals surface area contributed by atoms with Crippen molar-refractivity contribution in [3.63, 3.8) is 0 Å². The van der Waals surface area contributed by atoms with Gasteiger partial charge in [0.2, 0.25) is 0 Å². The molecular formula is C21H23FN4.